The molecule has 0 spiro atoms. The first-order chi connectivity index (χ1) is 12.1. The summed E-state index contributed by atoms with van der Waals surface area (Å²) in [5, 5.41) is 2.50. The highest BCUT2D eigenvalue weighted by atomic mass is 35.5. The molecule has 1 atom stereocenters. The molecule has 0 radical (unpaired) electrons. The molecule has 0 saturated carbocycles. The minimum Gasteiger partial charge on any atom is -0.324 e. The molecule has 2 aromatic rings. The number of carbonyl (C=O) groups is 1. The summed E-state index contributed by atoms with van der Waals surface area (Å²) in [5.74, 6) is -1.16. The van der Waals surface area contributed by atoms with E-state index in [1.807, 2.05) is 0 Å². The number of nitrogens with zero attached hydrogens (tertiary/aromatic N) is 1. The molecule has 2 rings (SSSR count). The van der Waals surface area contributed by atoms with E-state index in [2.05, 4.69) is 5.32 Å². The van der Waals surface area contributed by atoms with Crippen LogP contribution in [0, 0.1) is 5.82 Å². The zero-order valence-electron chi connectivity index (χ0n) is 14.1. The number of halogens is 5. The predicted octanol–water partition coefficient (Wildman–Crippen LogP) is 4.96. The molecule has 0 aliphatic heterocycles. The van der Waals surface area contributed by atoms with Gasteiger partial charge in [-0.25, -0.2) is 4.39 Å². The van der Waals surface area contributed by atoms with Crippen LogP contribution in [0.3, 0.4) is 0 Å². The van der Waals surface area contributed by atoms with Crippen molar-refractivity contribution in [2.45, 2.75) is 25.7 Å². The van der Waals surface area contributed by atoms with Crippen molar-refractivity contribution in [1.82, 2.24) is 4.90 Å². The number of hydrogen-bond acceptors (Lipinski definition) is 2. The molecule has 1 N–H and O–H groups in total. The minimum absolute atomic E-state index is 0.0288. The summed E-state index contributed by atoms with van der Waals surface area (Å²) in [5.41, 5.74) is -1.04. The molecule has 1 amide bonds. The Morgan fingerprint density at radius 3 is 2.46 bits per heavy atom. The normalized spacial score (nSPS) is 12.9. The number of amides is 1. The van der Waals surface area contributed by atoms with Gasteiger partial charge in [0.1, 0.15) is 5.82 Å². The molecule has 0 fully saturated rings. The Morgan fingerprint density at radius 2 is 1.85 bits per heavy atom. The van der Waals surface area contributed by atoms with E-state index in [0.717, 1.165) is 6.07 Å². The Morgan fingerprint density at radius 1 is 1.19 bits per heavy atom. The van der Waals surface area contributed by atoms with Gasteiger partial charge in [0.25, 0.3) is 0 Å². The van der Waals surface area contributed by atoms with Crippen molar-refractivity contribution in [1.29, 1.82) is 0 Å². The summed E-state index contributed by atoms with van der Waals surface area (Å²) >= 11 is 5.97. The highest BCUT2D eigenvalue weighted by Crippen LogP contribution is 2.34. The monoisotopic (exact) mass is 388 g/mol. The Labute approximate surface area is 153 Å². The van der Waals surface area contributed by atoms with Crippen molar-refractivity contribution < 1.29 is 22.4 Å². The molecule has 0 bridgehead atoms. The van der Waals surface area contributed by atoms with Crippen LogP contribution in [0.25, 0.3) is 0 Å². The number of hydrogen-bond donors (Lipinski definition) is 1. The number of para-hydroxylation sites is 1. The van der Waals surface area contributed by atoms with E-state index < -0.39 is 29.5 Å². The number of rotatable bonds is 5. The zero-order valence-corrected chi connectivity index (χ0v) is 14.8. The second-order valence-electron chi connectivity index (χ2n) is 5.82. The van der Waals surface area contributed by atoms with E-state index in [1.165, 1.54) is 48.2 Å². The summed E-state index contributed by atoms with van der Waals surface area (Å²) in [6, 6.07) is 8.15. The Kier molecular flexibility index (Phi) is 6.26. The highest BCUT2D eigenvalue weighted by molar-refractivity contribution is 6.31. The number of nitrogens with one attached hydrogen (secondary N) is 1. The number of likely N-dealkylation sites (N-methyl/N-ethyl adjacent to an activating group) is 1. The molecule has 0 aliphatic rings. The molecule has 0 aromatic heterocycles. The molecule has 0 heterocycles. The van der Waals surface area contributed by atoms with Crippen molar-refractivity contribution in [3.8, 4) is 0 Å². The van der Waals surface area contributed by atoms with E-state index in [4.69, 9.17) is 11.6 Å². The molecule has 3 nitrogen and oxygen atoms in total. The third kappa shape index (κ3) is 4.74. The second-order valence-corrected chi connectivity index (χ2v) is 6.23. The first kappa shape index (κ1) is 20.2. The number of alkyl halides is 3. The van der Waals surface area contributed by atoms with Crippen molar-refractivity contribution in [2.24, 2.45) is 0 Å². The maximum Gasteiger partial charge on any atom is 0.418 e. The van der Waals surface area contributed by atoms with Crippen LogP contribution in [0.4, 0.5) is 23.2 Å². The predicted molar refractivity (Wildman–Crippen MR) is 92.4 cm³/mol. The maximum atomic E-state index is 13.9. The molecule has 0 saturated heterocycles. The van der Waals surface area contributed by atoms with Crippen LogP contribution in [0.15, 0.2) is 42.5 Å². The molecule has 8 heteroatoms. The Balaban J connectivity index is 2.13. The van der Waals surface area contributed by atoms with Crippen molar-refractivity contribution in [3.63, 3.8) is 0 Å². The molecule has 140 valence electrons. The van der Waals surface area contributed by atoms with Gasteiger partial charge in [0.05, 0.1) is 17.3 Å². The quantitative estimate of drug-likeness (QED) is 0.734. The van der Waals surface area contributed by atoms with Crippen LogP contribution in [0.5, 0.6) is 0 Å². The van der Waals surface area contributed by atoms with Gasteiger partial charge in [0.15, 0.2) is 0 Å². The first-order valence-corrected chi connectivity index (χ1v) is 8.09. The van der Waals surface area contributed by atoms with E-state index in [0.29, 0.717) is 0 Å². The van der Waals surface area contributed by atoms with Gasteiger partial charge in [-0.1, -0.05) is 29.8 Å². The van der Waals surface area contributed by atoms with Gasteiger partial charge in [0.2, 0.25) is 5.91 Å². The first-order valence-electron chi connectivity index (χ1n) is 7.71. The maximum absolute atomic E-state index is 13.9. The SMILES string of the molecule is C[C@H](C(=O)Nc1ccccc1C(F)(F)F)N(C)Cc1c(F)cccc1Cl. The van der Waals surface area contributed by atoms with Crippen LogP contribution < -0.4 is 5.32 Å². The molecular formula is C18H17ClF4N2O. The lowest BCUT2D eigenvalue weighted by Gasteiger charge is -2.25. The Bertz CT molecular complexity index is 775. The Hall–Kier alpha value is -2.12. The fourth-order valence-electron chi connectivity index (χ4n) is 2.35. The largest absolute Gasteiger partial charge is 0.418 e. The lowest BCUT2D eigenvalue weighted by atomic mass is 10.1. The van der Waals surface area contributed by atoms with E-state index in [1.54, 1.807) is 7.05 Å². The van der Waals surface area contributed by atoms with Crippen LogP contribution in [0.2, 0.25) is 5.02 Å². The van der Waals surface area contributed by atoms with Gasteiger partial charge in [-0.3, -0.25) is 9.69 Å². The highest BCUT2D eigenvalue weighted by Gasteiger charge is 2.34. The number of anilines is 1. The molecular weight excluding hydrogens is 372 g/mol. The van der Waals surface area contributed by atoms with Gasteiger partial charge >= 0.3 is 6.18 Å². The number of carbonyl (C=O) groups excluding carboxylic acids is 1. The average molecular weight is 389 g/mol. The summed E-state index contributed by atoms with van der Waals surface area (Å²) in [7, 11) is 1.56. The minimum atomic E-state index is -4.58. The van der Waals surface area contributed by atoms with E-state index >= 15 is 0 Å². The van der Waals surface area contributed by atoms with Crippen LogP contribution in [0.1, 0.15) is 18.1 Å². The summed E-state index contributed by atoms with van der Waals surface area (Å²) in [6.07, 6.45) is -4.58. The van der Waals surface area contributed by atoms with Crippen molar-refractivity contribution >= 4 is 23.2 Å². The smallest absolute Gasteiger partial charge is 0.324 e. The number of benzene rings is 2. The van der Waals surface area contributed by atoms with E-state index in [-0.39, 0.29) is 22.8 Å². The van der Waals surface area contributed by atoms with Crippen LogP contribution in [-0.2, 0) is 17.5 Å². The van der Waals surface area contributed by atoms with Crippen molar-refractivity contribution in [2.75, 3.05) is 12.4 Å². The van der Waals surface area contributed by atoms with Gasteiger partial charge in [-0.15, -0.1) is 0 Å². The van der Waals surface area contributed by atoms with Gasteiger partial charge < -0.3 is 5.32 Å². The lowest BCUT2D eigenvalue weighted by molar-refractivity contribution is -0.137. The third-order valence-electron chi connectivity index (χ3n) is 4.00. The van der Waals surface area contributed by atoms with E-state index in [9.17, 15) is 22.4 Å². The fraction of sp³-hybridized carbons (Fsp3) is 0.278. The standard InChI is InChI=1S/C18H17ClF4N2O/c1-11(25(2)10-12-14(19)7-5-8-15(12)20)17(26)24-16-9-4-3-6-13(16)18(21,22)23/h3-9,11H,10H2,1-2H3,(H,24,26)/t11-/m1/s1. The topological polar surface area (TPSA) is 32.3 Å². The van der Waals surface area contributed by atoms with Crippen molar-refractivity contribution in [3.05, 3.63) is 64.4 Å². The lowest BCUT2D eigenvalue weighted by Crippen LogP contribution is -2.39. The molecule has 0 aliphatic carbocycles. The molecule has 26 heavy (non-hydrogen) atoms. The van der Waals surface area contributed by atoms with Gasteiger partial charge in [-0.05, 0) is 38.2 Å². The van der Waals surface area contributed by atoms with Crippen LogP contribution >= 0.6 is 11.6 Å². The summed E-state index contributed by atoms with van der Waals surface area (Å²) < 4.78 is 52.9. The van der Waals surface area contributed by atoms with Crippen LogP contribution in [-0.4, -0.2) is 23.9 Å². The van der Waals surface area contributed by atoms with Gasteiger partial charge in [-0.2, -0.15) is 13.2 Å². The average Bonchev–Trinajstić information content (AvgIpc) is 2.57. The molecule has 0 unspecified atom stereocenters. The molecule has 2 aromatic carbocycles. The second kappa shape index (κ2) is 8.05. The summed E-state index contributed by atoms with van der Waals surface area (Å²) in [4.78, 5) is 13.8. The van der Waals surface area contributed by atoms with Gasteiger partial charge in [0, 0.05) is 17.1 Å². The fourth-order valence-corrected chi connectivity index (χ4v) is 2.57. The zero-order chi connectivity index (χ0) is 19.5. The third-order valence-corrected chi connectivity index (χ3v) is 4.35. The summed E-state index contributed by atoms with van der Waals surface area (Å²) in [6.45, 7) is 1.54.